The number of ether oxygens (including phenoxy) is 1. The highest BCUT2D eigenvalue weighted by Crippen LogP contribution is 2.40. The molecule has 0 unspecified atom stereocenters. The van der Waals surface area contributed by atoms with Gasteiger partial charge in [-0.1, -0.05) is 58.1 Å². The van der Waals surface area contributed by atoms with Crippen molar-refractivity contribution in [3.63, 3.8) is 0 Å². The van der Waals surface area contributed by atoms with Crippen LogP contribution in [0.2, 0.25) is 6.04 Å². The van der Waals surface area contributed by atoms with Crippen LogP contribution < -0.4 is 4.74 Å². The van der Waals surface area contributed by atoms with Crippen LogP contribution in [0, 0.1) is 0 Å². The van der Waals surface area contributed by atoms with E-state index in [9.17, 15) is 0 Å². The van der Waals surface area contributed by atoms with Gasteiger partial charge in [0, 0.05) is 27.4 Å². The molecule has 1 aromatic rings. The summed E-state index contributed by atoms with van der Waals surface area (Å²) in [4.78, 5) is 0. The molecule has 0 radical (unpaired) electrons. The van der Waals surface area contributed by atoms with Crippen molar-refractivity contribution in [3.8, 4) is 5.75 Å². The molecule has 0 aromatic heterocycles. The van der Waals surface area contributed by atoms with Crippen molar-refractivity contribution in [3.05, 3.63) is 29.3 Å². The molecule has 1 aliphatic carbocycles. The third-order valence-corrected chi connectivity index (χ3v) is 9.47. The summed E-state index contributed by atoms with van der Waals surface area (Å²) in [6.45, 7) is 5.26. The summed E-state index contributed by atoms with van der Waals surface area (Å²) >= 11 is 0. The molecule has 1 aromatic carbocycles. The number of hydrogen-bond donors (Lipinski definition) is 0. The third kappa shape index (κ3) is 7.08. The van der Waals surface area contributed by atoms with Crippen LogP contribution in [-0.4, -0.2) is 36.7 Å². The van der Waals surface area contributed by atoms with E-state index in [-0.39, 0.29) is 0 Å². The molecule has 4 nitrogen and oxygen atoms in total. The largest absolute Gasteiger partial charge is 0.500 e. The lowest BCUT2D eigenvalue weighted by atomic mass is 9.81. The van der Waals surface area contributed by atoms with Gasteiger partial charge in [0.25, 0.3) is 0 Å². The minimum absolute atomic E-state index is 0.642. The highest BCUT2D eigenvalue weighted by atomic mass is 28.4. The highest BCUT2D eigenvalue weighted by molar-refractivity contribution is 6.60. The van der Waals surface area contributed by atoms with E-state index in [1.54, 1.807) is 21.3 Å². The molecule has 0 saturated heterocycles. The minimum atomic E-state index is -2.52. The molecule has 0 spiro atoms. The van der Waals surface area contributed by atoms with Crippen molar-refractivity contribution in [2.24, 2.45) is 0 Å². The fraction of sp³-hybridized carbons (Fsp3) is 0.760. The molecule has 5 heteroatoms. The van der Waals surface area contributed by atoms with E-state index < -0.39 is 8.80 Å². The molecule has 0 amide bonds. The lowest BCUT2D eigenvalue weighted by molar-refractivity contribution is 0.121. The van der Waals surface area contributed by atoms with Crippen molar-refractivity contribution >= 4 is 8.80 Å². The summed E-state index contributed by atoms with van der Waals surface area (Å²) in [7, 11) is 2.49. The second kappa shape index (κ2) is 13.5. The van der Waals surface area contributed by atoms with E-state index in [1.165, 1.54) is 68.9 Å². The van der Waals surface area contributed by atoms with Gasteiger partial charge in [-0.15, -0.1) is 0 Å². The maximum atomic E-state index is 6.33. The quantitative estimate of drug-likeness (QED) is 0.231. The summed E-state index contributed by atoms with van der Waals surface area (Å²) in [6.07, 6.45) is 12.5. The Labute approximate surface area is 186 Å². The molecular formula is C25H44O4Si. The maximum absolute atomic E-state index is 6.33. The Kier molecular flexibility index (Phi) is 11.4. The second-order valence-corrected chi connectivity index (χ2v) is 11.7. The first-order valence-corrected chi connectivity index (χ1v) is 14.0. The Morgan fingerprint density at radius 2 is 1.57 bits per heavy atom. The van der Waals surface area contributed by atoms with Crippen LogP contribution in [0.1, 0.15) is 101 Å². The van der Waals surface area contributed by atoms with Crippen LogP contribution in [0.15, 0.2) is 18.2 Å². The summed E-state index contributed by atoms with van der Waals surface area (Å²) in [5.74, 6) is 2.40. The Hall–Kier alpha value is -0.883. The number of benzene rings is 1. The predicted octanol–water partition coefficient (Wildman–Crippen LogP) is 7.07. The molecule has 2 rings (SSSR count). The van der Waals surface area contributed by atoms with Crippen molar-refractivity contribution in [2.75, 3.05) is 27.9 Å². The first-order chi connectivity index (χ1) is 14.6. The zero-order valence-corrected chi connectivity index (χ0v) is 21.0. The molecule has 1 fully saturated rings. The van der Waals surface area contributed by atoms with Crippen molar-refractivity contribution in [2.45, 2.75) is 95.9 Å². The minimum Gasteiger partial charge on any atom is -0.493 e. The average molecular weight is 437 g/mol. The van der Waals surface area contributed by atoms with Gasteiger partial charge in [-0.3, -0.25) is 0 Å². The number of rotatable bonds is 14. The monoisotopic (exact) mass is 436 g/mol. The summed E-state index contributed by atoms with van der Waals surface area (Å²) in [6, 6.07) is 7.81. The summed E-state index contributed by atoms with van der Waals surface area (Å²) in [5, 5.41) is 0. The maximum Gasteiger partial charge on any atom is 0.500 e. The van der Waals surface area contributed by atoms with E-state index in [2.05, 4.69) is 32.0 Å². The smallest absolute Gasteiger partial charge is 0.493 e. The zero-order chi connectivity index (χ0) is 21.8. The zero-order valence-electron chi connectivity index (χ0n) is 20.0. The van der Waals surface area contributed by atoms with Gasteiger partial charge in [0.2, 0.25) is 0 Å². The molecule has 172 valence electrons. The van der Waals surface area contributed by atoms with E-state index in [1.807, 2.05) is 0 Å². The summed E-state index contributed by atoms with van der Waals surface area (Å²) < 4.78 is 22.9. The Morgan fingerprint density at radius 1 is 0.933 bits per heavy atom. The van der Waals surface area contributed by atoms with Crippen LogP contribution in [0.25, 0.3) is 0 Å². The van der Waals surface area contributed by atoms with E-state index >= 15 is 0 Å². The van der Waals surface area contributed by atoms with Crippen LogP contribution in [0.4, 0.5) is 0 Å². The van der Waals surface area contributed by atoms with Crippen molar-refractivity contribution < 1.29 is 18.0 Å². The van der Waals surface area contributed by atoms with E-state index in [0.29, 0.717) is 18.4 Å². The van der Waals surface area contributed by atoms with Gasteiger partial charge in [0.05, 0.1) is 6.61 Å². The van der Waals surface area contributed by atoms with Gasteiger partial charge < -0.3 is 18.0 Å². The molecule has 0 heterocycles. The normalized spacial score (nSPS) is 15.7. The van der Waals surface area contributed by atoms with Gasteiger partial charge in [0.15, 0.2) is 0 Å². The molecule has 0 N–H and O–H groups in total. The predicted molar refractivity (Wildman–Crippen MR) is 127 cm³/mol. The van der Waals surface area contributed by atoms with Crippen LogP contribution in [-0.2, 0) is 13.3 Å². The fourth-order valence-corrected chi connectivity index (χ4v) is 6.58. The Bertz CT molecular complexity index is 583. The molecule has 1 aliphatic rings. The lowest BCUT2D eigenvalue weighted by Gasteiger charge is -2.27. The second-order valence-electron chi connectivity index (χ2n) is 8.65. The standard InChI is InChI=1S/C25H44O4Si/c1-6-12-21(13-7-2)23-16-17-25(24(20-23)22-14-9-8-10-15-22)29-18-11-19-30(26-3,27-4)28-5/h16-17,20-22H,6-15,18-19H2,1-5H3. The highest BCUT2D eigenvalue weighted by Gasteiger charge is 2.37. The summed E-state index contributed by atoms with van der Waals surface area (Å²) in [5.41, 5.74) is 2.95. The van der Waals surface area contributed by atoms with E-state index in [4.69, 9.17) is 18.0 Å². The van der Waals surface area contributed by atoms with Gasteiger partial charge in [0.1, 0.15) is 5.75 Å². The first kappa shape index (κ1) is 25.4. The van der Waals surface area contributed by atoms with Crippen LogP contribution >= 0.6 is 0 Å². The fourth-order valence-electron chi connectivity index (χ4n) is 4.89. The molecule has 0 bridgehead atoms. The SMILES string of the molecule is CCCC(CCC)c1ccc(OCCC[Si](OC)(OC)OC)c(C2CCCCC2)c1. The van der Waals surface area contributed by atoms with Gasteiger partial charge >= 0.3 is 8.80 Å². The average Bonchev–Trinajstić information content (AvgIpc) is 2.80. The molecule has 0 aliphatic heterocycles. The molecular weight excluding hydrogens is 392 g/mol. The Balaban J connectivity index is 2.12. The lowest BCUT2D eigenvalue weighted by Crippen LogP contribution is -2.42. The van der Waals surface area contributed by atoms with Gasteiger partial charge in [-0.2, -0.15) is 0 Å². The third-order valence-electron chi connectivity index (χ3n) is 6.64. The van der Waals surface area contributed by atoms with Crippen molar-refractivity contribution in [1.29, 1.82) is 0 Å². The van der Waals surface area contributed by atoms with Crippen molar-refractivity contribution in [1.82, 2.24) is 0 Å². The Morgan fingerprint density at radius 3 is 2.13 bits per heavy atom. The molecule has 1 saturated carbocycles. The van der Waals surface area contributed by atoms with E-state index in [0.717, 1.165) is 18.2 Å². The first-order valence-electron chi connectivity index (χ1n) is 12.0. The van der Waals surface area contributed by atoms with Crippen LogP contribution in [0.3, 0.4) is 0 Å². The topological polar surface area (TPSA) is 36.9 Å². The van der Waals surface area contributed by atoms with Crippen LogP contribution in [0.5, 0.6) is 5.75 Å². The number of hydrogen-bond acceptors (Lipinski definition) is 4. The van der Waals surface area contributed by atoms with Gasteiger partial charge in [-0.25, -0.2) is 0 Å². The molecule has 0 atom stereocenters. The van der Waals surface area contributed by atoms with Gasteiger partial charge in [-0.05, 0) is 61.1 Å². The molecule has 30 heavy (non-hydrogen) atoms.